The van der Waals surface area contributed by atoms with Gasteiger partial charge in [-0.15, -0.1) is 0 Å². The van der Waals surface area contributed by atoms with Gasteiger partial charge in [0.1, 0.15) is 5.82 Å². The Labute approximate surface area is 113 Å². The van der Waals surface area contributed by atoms with Crippen molar-refractivity contribution in [3.05, 3.63) is 70.5 Å². The van der Waals surface area contributed by atoms with Crippen LogP contribution >= 0.6 is 0 Å². The van der Waals surface area contributed by atoms with Crippen molar-refractivity contribution in [1.29, 1.82) is 0 Å². The Morgan fingerprint density at radius 3 is 2.47 bits per heavy atom. The van der Waals surface area contributed by atoms with Crippen molar-refractivity contribution in [2.45, 2.75) is 32.8 Å². The highest BCUT2D eigenvalue weighted by Gasteiger charge is 2.25. The second-order valence-electron chi connectivity index (χ2n) is 5.40. The molecule has 2 aromatic carbocycles. The first-order valence-electron chi connectivity index (χ1n) is 6.43. The normalized spacial score (nSPS) is 14.2. The Morgan fingerprint density at radius 1 is 1.11 bits per heavy atom. The maximum atomic E-state index is 13.2. The number of halogens is 1. The molecule has 0 aromatic heterocycles. The van der Waals surface area contributed by atoms with Crippen LogP contribution in [0.1, 0.15) is 29.2 Å². The van der Waals surface area contributed by atoms with Gasteiger partial charge in [-0.1, -0.05) is 35.9 Å². The summed E-state index contributed by atoms with van der Waals surface area (Å²) in [6.07, 6.45) is 0.397. The van der Waals surface area contributed by atoms with Gasteiger partial charge in [-0.3, -0.25) is 0 Å². The van der Waals surface area contributed by atoms with E-state index in [1.54, 1.807) is 13.0 Å². The molecule has 2 aromatic rings. The molecular weight excluding hydrogens is 239 g/mol. The van der Waals surface area contributed by atoms with E-state index in [2.05, 4.69) is 6.07 Å². The maximum absolute atomic E-state index is 13.2. The highest BCUT2D eigenvalue weighted by Crippen LogP contribution is 2.28. The molecule has 0 radical (unpaired) electrons. The predicted octanol–water partition coefficient (Wildman–Crippen LogP) is 3.89. The Morgan fingerprint density at radius 2 is 1.84 bits per heavy atom. The summed E-state index contributed by atoms with van der Waals surface area (Å²) < 4.78 is 13.2. The summed E-state index contributed by atoms with van der Waals surface area (Å²) in [6.45, 7) is 5.79. The number of aryl methyl sites for hydroxylation is 2. The lowest BCUT2D eigenvalue weighted by molar-refractivity contribution is 0.0569. The second-order valence-corrected chi connectivity index (χ2v) is 5.40. The van der Waals surface area contributed by atoms with E-state index >= 15 is 0 Å². The molecule has 0 aliphatic heterocycles. The fourth-order valence-electron chi connectivity index (χ4n) is 2.56. The van der Waals surface area contributed by atoms with E-state index in [1.165, 1.54) is 17.7 Å². The summed E-state index contributed by atoms with van der Waals surface area (Å²) in [6, 6.07) is 12.4. The second kappa shape index (κ2) is 5.14. The van der Waals surface area contributed by atoms with Crippen LogP contribution in [0.5, 0.6) is 0 Å². The molecular formula is C17H19FO. The molecule has 0 fully saturated rings. The summed E-state index contributed by atoms with van der Waals surface area (Å²) in [4.78, 5) is 0. The van der Waals surface area contributed by atoms with Gasteiger partial charge in [-0.2, -0.15) is 0 Å². The van der Waals surface area contributed by atoms with Crippen LogP contribution in [0.3, 0.4) is 0 Å². The van der Waals surface area contributed by atoms with Gasteiger partial charge in [0.05, 0.1) is 5.60 Å². The summed E-state index contributed by atoms with van der Waals surface area (Å²) in [5.41, 5.74) is 2.92. The van der Waals surface area contributed by atoms with Gasteiger partial charge in [0.2, 0.25) is 0 Å². The van der Waals surface area contributed by atoms with Gasteiger partial charge in [-0.05, 0) is 49.6 Å². The largest absolute Gasteiger partial charge is 0.385 e. The highest BCUT2D eigenvalue weighted by atomic mass is 19.1. The standard InChI is InChI=1S/C17H19FO/c1-12-7-8-16(13(2)9-12)17(3,19)11-14-5-4-6-15(18)10-14/h4-10,19H,11H2,1-3H3. The molecule has 2 rings (SSSR count). The first kappa shape index (κ1) is 13.8. The van der Waals surface area contributed by atoms with Crippen LogP contribution in [-0.2, 0) is 12.0 Å². The molecule has 100 valence electrons. The van der Waals surface area contributed by atoms with E-state index in [0.717, 1.165) is 16.7 Å². The van der Waals surface area contributed by atoms with Crippen LogP contribution < -0.4 is 0 Å². The SMILES string of the molecule is Cc1ccc(C(C)(O)Cc2cccc(F)c2)c(C)c1. The number of hydrogen-bond acceptors (Lipinski definition) is 1. The molecule has 0 saturated heterocycles. The topological polar surface area (TPSA) is 20.2 Å². The Kier molecular flexibility index (Phi) is 3.72. The molecule has 0 heterocycles. The Balaban J connectivity index is 2.31. The average Bonchev–Trinajstić information content (AvgIpc) is 2.27. The molecule has 19 heavy (non-hydrogen) atoms. The van der Waals surface area contributed by atoms with Gasteiger partial charge in [0.25, 0.3) is 0 Å². The van der Waals surface area contributed by atoms with Crippen molar-refractivity contribution in [1.82, 2.24) is 0 Å². The molecule has 0 aliphatic rings. The molecule has 1 N–H and O–H groups in total. The fourth-order valence-corrected chi connectivity index (χ4v) is 2.56. The molecule has 1 nitrogen and oxygen atoms in total. The average molecular weight is 258 g/mol. The van der Waals surface area contributed by atoms with Gasteiger partial charge in [-0.25, -0.2) is 4.39 Å². The fraction of sp³-hybridized carbons (Fsp3) is 0.294. The Bertz CT molecular complexity index is 588. The van der Waals surface area contributed by atoms with E-state index in [0.29, 0.717) is 6.42 Å². The third-order valence-electron chi connectivity index (χ3n) is 3.40. The third-order valence-corrected chi connectivity index (χ3v) is 3.40. The number of benzene rings is 2. The number of aliphatic hydroxyl groups is 1. The third kappa shape index (κ3) is 3.21. The minimum atomic E-state index is -0.994. The molecule has 1 atom stereocenters. The molecule has 0 amide bonds. The van der Waals surface area contributed by atoms with E-state index in [9.17, 15) is 9.50 Å². The van der Waals surface area contributed by atoms with Gasteiger partial charge >= 0.3 is 0 Å². The first-order chi connectivity index (χ1) is 8.88. The summed E-state index contributed by atoms with van der Waals surface area (Å²) in [5, 5.41) is 10.7. The number of rotatable bonds is 3. The monoisotopic (exact) mass is 258 g/mol. The summed E-state index contributed by atoms with van der Waals surface area (Å²) in [5.74, 6) is -0.270. The molecule has 0 bridgehead atoms. The zero-order chi connectivity index (χ0) is 14.0. The molecule has 2 heteroatoms. The maximum Gasteiger partial charge on any atom is 0.123 e. The highest BCUT2D eigenvalue weighted by molar-refractivity contribution is 5.35. The van der Waals surface area contributed by atoms with Crippen molar-refractivity contribution in [3.63, 3.8) is 0 Å². The van der Waals surface area contributed by atoms with Crippen LogP contribution in [0.4, 0.5) is 4.39 Å². The van der Waals surface area contributed by atoms with Gasteiger partial charge < -0.3 is 5.11 Å². The molecule has 0 saturated carbocycles. The predicted molar refractivity (Wildman–Crippen MR) is 75.6 cm³/mol. The summed E-state index contributed by atoms with van der Waals surface area (Å²) in [7, 11) is 0. The van der Waals surface area contributed by atoms with Crippen LogP contribution in [0.25, 0.3) is 0 Å². The minimum Gasteiger partial charge on any atom is -0.385 e. The van der Waals surface area contributed by atoms with Crippen LogP contribution in [0.2, 0.25) is 0 Å². The lowest BCUT2D eigenvalue weighted by Gasteiger charge is -2.26. The van der Waals surface area contributed by atoms with Crippen molar-refractivity contribution in [2.24, 2.45) is 0 Å². The lowest BCUT2D eigenvalue weighted by Crippen LogP contribution is -2.25. The van der Waals surface area contributed by atoms with Crippen molar-refractivity contribution in [3.8, 4) is 0 Å². The van der Waals surface area contributed by atoms with E-state index < -0.39 is 5.60 Å². The quantitative estimate of drug-likeness (QED) is 0.885. The first-order valence-corrected chi connectivity index (χ1v) is 6.43. The molecule has 1 unspecified atom stereocenters. The van der Waals surface area contributed by atoms with Crippen LogP contribution in [0, 0.1) is 19.7 Å². The smallest absolute Gasteiger partial charge is 0.123 e. The molecule has 0 spiro atoms. The molecule has 0 aliphatic carbocycles. The van der Waals surface area contributed by atoms with Gasteiger partial charge in [0.15, 0.2) is 0 Å². The van der Waals surface area contributed by atoms with E-state index in [1.807, 2.05) is 32.0 Å². The lowest BCUT2D eigenvalue weighted by atomic mass is 9.86. The zero-order valence-electron chi connectivity index (χ0n) is 11.6. The van der Waals surface area contributed by atoms with E-state index in [4.69, 9.17) is 0 Å². The van der Waals surface area contributed by atoms with Crippen LogP contribution in [-0.4, -0.2) is 5.11 Å². The summed E-state index contributed by atoms with van der Waals surface area (Å²) >= 11 is 0. The van der Waals surface area contributed by atoms with Crippen molar-refractivity contribution < 1.29 is 9.50 Å². The van der Waals surface area contributed by atoms with Crippen molar-refractivity contribution in [2.75, 3.05) is 0 Å². The Hall–Kier alpha value is -1.67. The number of hydrogen-bond donors (Lipinski definition) is 1. The zero-order valence-corrected chi connectivity index (χ0v) is 11.6. The van der Waals surface area contributed by atoms with E-state index in [-0.39, 0.29) is 5.82 Å². The van der Waals surface area contributed by atoms with Gasteiger partial charge in [0, 0.05) is 6.42 Å². The van der Waals surface area contributed by atoms with Crippen molar-refractivity contribution >= 4 is 0 Å². The van der Waals surface area contributed by atoms with Crippen LogP contribution in [0.15, 0.2) is 42.5 Å². The minimum absolute atomic E-state index is 0.270.